The molecule has 0 bridgehead atoms. The topological polar surface area (TPSA) is 54.6 Å². The number of pyridine rings is 1. The zero-order valence-corrected chi connectivity index (χ0v) is 7.40. The van der Waals surface area contributed by atoms with Crippen molar-refractivity contribution in [1.82, 2.24) is 9.38 Å². The maximum atomic E-state index is 10.8. The lowest BCUT2D eigenvalue weighted by Gasteiger charge is -2.01. The summed E-state index contributed by atoms with van der Waals surface area (Å²) < 4.78 is 1.49. The van der Waals surface area contributed by atoms with E-state index >= 15 is 0 Å². The Balaban J connectivity index is 2.86. The molecule has 0 aliphatic rings. The Morgan fingerprint density at radius 3 is 3.00 bits per heavy atom. The van der Waals surface area contributed by atoms with E-state index in [2.05, 4.69) is 17.6 Å². The van der Waals surface area contributed by atoms with Crippen LogP contribution in [0, 0.1) is 0 Å². The molecule has 5 heteroatoms. The number of aromatic carboxylic acids is 1. The minimum absolute atomic E-state index is 0.185. The van der Waals surface area contributed by atoms with E-state index in [0.717, 1.165) is 0 Å². The van der Waals surface area contributed by atoms with Gasteiger partial charge in [0.1, 0.15) is 5.69 Å². The number of rotatable bonds is 1. The van der Waals surface area contributed by atoms with E-state index in [1.807, 2.05) is 0 Å². The Morgan fingerprint density at radius 2 is 2.31 bits per heavy atom. The van der Waals surface area contributed by atoms with Crippen LogP contribution < -0.4 is 0 Å². The molecule has 4 nitrogen and oxygen atoms in total. The molecule has 2 aromatic heterocycles. The number of carboxylic acid groups (broad SMARTS) is 1. The Labute approximate surface area is 79.2 Å². The van der Waals surface area contributed by atoms with Crippen molar-refractivity contribution in [1.29, 1.82) is 0 Å². The van der Waals surface area contributed by atoms with Crippen molar-refractivity contribution in [2.45, 2.75) is 4.90 Å². The van der Waals surface area contributed by atoms with Crippen molar-refractivity contribution in [3.63, 3.8) is 0 Å². The third-order valence-corrected chi connectivity index (χ3v) is 2.10. The van der Waals surface area contributed by atoms with E-state index in [-0.39, 0.29) is 5.69 Å². The third kappa shape index (κ3) is 1.17. The summed E-state index contributed by atoms with van der Waals surface area (Å²) in [6.45, 7) is 0. The van der Waals surface area contributed by atoms with Gasteiger partial charge in [0.15, 0.2) is 5.65 Å². The molecular formula is C8H6N2O2S. The largest absolute Gasteiger partial charge is 0.477 e. The van der Waals surface area contributed by atoms with Gasteiger partial charge < -0.3 is 5.11 Å². The van der Waals surface area contributed by atoms with Crippen molar-refractivity contribution in [2.24, 2.45) is 0 Å². The van der Waals surface area contributed by atoms with Gasteiger partial charge >= 0.3 is 5.97 Å². The number of hydrogen-bond donors (Lipinski definition) is 2. The number of fused-ring (bicyclic) bond motifs is 1. The van der Waals surface area contributed by atoms with Gasteiger partial charge in [0, 0.05) is 17.3 Å². The van der Waals surface area contributed by atoms with Crippen molar-refractivity contribution in [3.05, 3.63) is 30.2 Å². The molecule has 13 heavy (non-hydrogen) atoms. The summed E-state index contributed by atoms with van der Waals surface area (Å²) in [6.07, 6.45) is 3.14. The minimum atomic E-state index is -0.976. The molecule has 0 aliphatic carbocycles. The highest BCUT2D eigenvalue weighted by Crippen LogP contribution is 2.15. The second-order valence-corrected chi connectivity index (χ2v) is 3.01. The van der Waals surface area contributed by atoms with Crippen LogP contribution >= 0.6 is 12.6 Å². The van der Waals surface area contributed by atoms with E-state index in [0.29, 0.717) is 10.5 Å². The average molecular weight is 194 g/mol. The first kappa shape index (κ1) is 8.12. The van der Waals surface area contributed by atoms with Gasteiger partial charge in [-0.2, -0.15) is 0 Å². The van der Waals surface area contributed by atoms with Crippen LogP contribution in [0.25, 0.3) is 5.65 Å². The van der Waals surface area contributed by atoms with Gasteiger partial charge in [0.25, 0.3) is 0 Å². The fourth-order valence-electron chi connectivity index (χ4n) is 1.17. The van der Waals surface area contributed by atoms with Gasteiger partial charge in [-0.15, -0.1) is 12.6 Å². The molecule has 2 aromatic rings. The van der Waals surface area contributed by atoms with Crippen LogP contribution in [0.2, 0.25) is 0 Å². The molecule has 0 aliphatic heterocycles. The number of thiol groups is 1. The molecule has 1 N–H and O–H groups in total. The molecule has 0 saturated carbocycles. The molecule has 0 atom stereocenters. The van der Waals surface area contributed by atoms with Gasteiger partial charge in [0.2, 0.25) is 0 Å². The lowest BCUT2D eigenvalue weighted by atomic mass is 10.3. The lowest BCUT2D eigenvalue weighted by molar-refractivity contribution is 0.0688. The second-order valence-electron chi connectivity index (χ2n) is 2.53. The van der Waals surface area contributed by atoms with E-state index in [1.54, 1.807) is 18.5 Å². The first-order chi connectivity index (χ1) is 6.20. The first-order valence-electron chi connectivity index (χ1n) is 3.58. The van der Waals surface area contributed by atoms with Crippen LogP contribution in [-0.4, -0.2) is 20.5 Å². The third-order valence-electron chi connectivity index (χ3n) is 1.75. The van der Waals surface area contributed by atoms with Crippen LogP contribution in [0.4, 0.5) is 0 Å². The highest BCUT2D eigenvalue weighted by atomic mass is 32.1. The minimum Gasteiger partial charge on any atom is -0.477 e. The predicted octanol–water partition coefficient (Wildman–Crippen LogP) is 1.32. The van der Waals surface area contributed by atoms with Crippen LogP contribution in [0.1, 0.15) is 10.5 Å². The molecule has 2 rings (SSSR count). The van der Waals surface area contributed by atoms with E-state index < -0.39 is 5.97 Å². The zero-order valence-electron chi connectivity index (χ0n) is 6.51. The molecule has 0 radical (unpaired) electrons. The number of carboxylic acids is 1. The number of imidazole rings is 1. The molecule has 66 valence electrons. The van der Waals surface area contributed by atoms with Crippen molar-refractivity contribution >= 4 is 24.2 Å². The van der Waals surface area contributed by atoms with Crippen LogP contribution in [0.5, 0.6) is 0 Å². The van der Waals surface area contributed by atoms with Crippen LogP contribution in [0.15, 0.2) is 29.4 Å². The van der Waals surface area contributed by atoms with Gasteiger partial charge in [-0.3, -0.25) is 4.40 Å². The normalized spacial score (nSPS) is 10.5. The van der Waals surface area contributed by atoms with E-state index in [9.17, 15) is 4.79 Å². The highest BCUT2D eigenvalue weighted by Gasteiger charge is 2.09. The summed E-state index contributed by atoms with van der Waals surface area (Å²) in [6, 6.07) is 3.12. The fourth-order valence-corrected chi connectivity index (χ4v) is 1.41. The first-order valence-corrected chi connectivity index (χ1v) is 4.03. The summed E-state index contributed by atoms with van der Waals surface area (Å²) in [4.78, 5) is 15.4. The highest BCUT2D eigenvalue weighted by molar-refractivity contribution is 7.80. The number of nitrogens with zero attached hydrogens (tertiary/aromatic N) is 2. The fraction of sp³-hybridized carbons (Fsp3) is 0. The number of aromatic nitrogens is 2. The zero-order chi connectivity index (χ0) is 9.42. The van der Waals surface area contributed by atoms with Gasteiger partial charge in [-0.25, -0.2) is 9.78 Å². The molecule has 0 unspecified atom stereocenters. The quantitative estimate of drug-likeness (QED) is 0.673. The smallest absolute Gasteiger partial charge is 0.352 e. The summed E-state index contributed by atoms with van der Waals surface area (Å²) in [5.74, 6) is -0.976. The Kier molecular flexibility index (Phi) is 1.73. The molecule has 0 aromatic carbocycles. The van der Waals surface area contributed by atoms with Crippen LogP contribution in [-0.2, 0) is 0 Å². The van der Waals surface area contributed by atoms with E-state index in [4.69, 9.17) is 5.11 Å². The summed E-state index contributed by atoms with van der Waals surface area (Å²) in [5, 5.41) is 8.82. The summed E-state index contributed by atoms with van der Waals surface area (Å²) >= 11 is 4.16. The van der Waals surface area contributed by atoms with Crippen molar-refractivity contribution in [2.75, 3.05) is 0 Å². The van der Waals surface area contributed by atoms with Crippen molar-refractivity contribution in [3.8, 4) is 0 Å². The summed E-state index contributed by atoms with van der Waals surface area (Å²) in [7, 11) is 0. The van der Waals surface area contributed by atoms with Gasteiger partial charge in [-0.1, -0.05) is 0 Å². The Hall–Kier alpha value is -1.49. The summed E-state index contributed by atoms with van der Waals surface area (Å²) in [5.41, 5.74) is 0.744. The second kappa shape index (κ2) is 2.77. The standard InChI is InChI=1S/C8H6N2O2S/c11-8(12)5-1-2-6(13)7-9-3-4-10(5)7/h1-4,13H,(H,11,12). The van der Waals surface area contributed by atoms with Gasteiger partial charge in [-0.05, 0) is 12.1 Å². The Morgan fingerprint density at radius 1 is 1.54 bits per heavy atom. The molecule has 0 amide bonds. The maximum Gasteiger partial charge on any atom is 0.352 e. The lowest BCUT2D eigenvalue weighted by Crippen LogP contribution is -2.04. The predicted molar refractivity (Wildman–Crippen MR) is 49.4 cm³/mol. The molecule has 0 saturated heterocycles. The molecule has 2 heterocycles. The number of hydrogen-bond acceptors (Lipinski definition) is 3. The number of carbonyl (C=O) groups is 1. The van der Waals surface area contributed by atoms with Gasteiger partial charge in [0.05, 0.1) is 0 Å². The van der Waals surface area contributed by atoms with E-state index in [1.165, 1.54) is 10.5 Å². The van der Waals surface area contributed by atoms with Crippen molar-refractivity contribution < 1.29 is 9.90 Å². The SMILES string of the molecule is O=C(O)c1ccc(S)c2nccn12. The van der Waals surface area contributed by atoms with Crippen LogP contribution in [0.3, 0.4) is 0 Å². The molecule has 0 fully saturated rings. The molecule has 0 spiro atoms. The molecular weight excluding hydrogens is 188 g/mol. The Bertz CT molecular complexity index is 478. The monoisotopic (exact) mass is 194 g/mol. The maximum absolute atomic E-state index is 10.8. The average Bonchev–Trinajstić information content (AvgIpc) is 2.53.